The molecule has 6 nitrogen and oxygen atoms in total. The van der Waals surface area contributed by atoms with Crippen LogP contribution in [0.15, 0.2) is 11.6 Å². The standard InChI is InChI=1S/C19H29N5O/c1-14(19(25)20-10-9-15-5-3-2-4-6-15)23-11-12-24-17(13-23)21-22-18(24)16-7-8-16/h5,14,16H,2-4,6-13H2,1H3,(H,20,25)/t14-/m0/s1. The summed E-state index contributed by atoms with van der Waals surface area (Å²) in [5.74, 6) is 2.93. The molecule has 1 fully saturated rings. The lowest BCUT2D eigenvalue weighted by Crippen LogP contribution is -2.48. The number of allylic oxidation sites excluding steroid dienone is 1. The van der Waals surface area contributed by atoms with Gasteiger partial charge >= 0.3 is 0 Å². The number of amides is 1. The van der Waals surface area contributed by atoms with Crippen LogP contribution in [-0.4, -0.2) is 44.7 Å². The zero-order chi connectivity index (χ0) is 17.2. The highest BCUT2D eigenvalue weighted by molar-refractivity contribution is 5.81. The van der Waals surface area contributed by atoms with Gasteiger partial charge in [0.25, 0.3) is 0 Å². The quantitative estimate of drug-likeness (QED) is 0.806. The Labute approximate surface area is 149 Å². The lowest BCUT2D eigenvalue weighted by Gasteiger charge is -2.32. The van der Waals surface area contributed by atoms with E-state index in [-0.39, 0.29) is 11.9 Å². The second-order valence-electron chi connectivity index (χ2n) is 7.70. The van der Waals surface area contributed by atoms with Gasteiger partial charge in [-0.2, -0.15) is 0 Å². The lowest BCUT2D eigenvalue weighted by molar-refractivity contribution is -0.126. The number of nitrogens with zero attached hydrogens (tertiary/aromatic N) is 4. The molecule has 4 rings (SSSR count). The minimum Gasteiger partial charge on any atom is -0.354 e. The van der Waals surface area contributed by atoms with E-state index in [1.807, 2.05) is 6.92 Å². The van der Waals surface area contributed by atoms with Crippen molar-refractivity contribution >= 4 is 5.91 Å². The van der Waals surface area contributed by atoms with Gasteiger partial charge in [0.05, 0.1) is 12.6 Å². The van der Waals surface area contributed by atoms with E-state index in [1.165, 1.54) is 44.1 Å². The molecule has 136 valence electrons. The molecule has 0 aromatic carbocycles. The van der Waals surface area contributed by atoms with Crippen LogP contribution in [0, 0.1) is 0 Å². The summed E-state index contributed by atoms with van der Waals surface area (Å²) >= 11 is 0. The van der Waals surface area contributed by atoms with Crippen LogP contribution in [0.2, 0.25) is 0 Å². The zero-order valence-electron chi connectivity index (χ0n) is 15.2. The van der Waals surface area contributed by atoms with Crippen molar-refractivity contribution in [1.82, 2.24) is 25.0 Å². The van der Waals surface area contributed by atoms with Crippen molar-refractivity contribution in [1.29, 1.82) is 0 Å². The van der Waals surface area contributed by atoms with Crippen LogP contribution in [0.25, 0.3) is 0 Å². The summed E-state index contributed by atoms with van der Waals surface area (Å²) < 4.78 is 2.27. The normalized spacial score (nSPS) is 22.2. The first-order valence-corrected chi connectivity index (χ1v) is 9.84. The van der Waals surface area contributed by atoms with Gasteiger partial charge < -0.3 is 9.88 Å². The first-order chi connectivity index (χ1) is 12.2. The number of hydrogen-bond acceptors (Lipinski definition) is 4. The van der Waals surface area contributed by atoms with Gasteiger partial charge in [-0.3, -0.25) is 9.69 Å². The second kappa shape index (κ2) is 7.28. The number of fused-ring (bicyclic) bond motifs is 1. The molecule has 0 radical (unpaired) electrons. The first-order valence-electron chi connectivity index (χ1n) is 9.84. The third-order valence-corrected chi connectivity index (χ3v) is 5.81. The van der Waals surface area contributed by atoms with Gasteiger partial charge in [-0.05, 0) is 51.9 Å². The fourth-order valence-electron chi connectivity index (χ4n) is 3.96. The average Bonchev–Trinajstić information content (AvgIpc) is 3.40. The number of rotatable bonds is 6. The van der Waals surface area contributed by atoms with E-state index in [0.717, 1.165) is 44.2 Å². The smallest absolute Gasteiger partial charge is 0.237 e. The van der Waals surface area contributed by atoms with Gasteiger partial charge in [0.2, 0.25) is 5.91 Å². The van der Waals surface area contributed by atoms with E-state index in [2.05, 4.69) is 31.1 Å². The Balaban J connectivity index is 1.27. The van der Waals surface area contributed by atoms with Crippen molar-refractivity contribution in [3.63, 3.8) is 0 Å². The zero-order valence-corrected chi connectivity index (χ0v) is 15.2. The summed E-state index contributed by atoms with van der Waals surface area (Å²) in [5.41, 5.74) is 1.51. The topological polar surface area (TPSA) is 63.1 Å². The first kappa shape index (κ1) is 16.8. The Kier molecular flexibility index (Phi) is 4.88. The molecule has 3 aliphatic rings. The molecule has 1 amide bonds. The number of carbonyl (C=O) groups excluding carboxylic acids is 1. The third kappa shape index (κ3) is 3.78. The monoisotopic (exact) mass is 343 g/mol. The van der Waals surface area contributed by atoms with Crippen LogP contribution in [-0.2, 0) is 17.9 Å². The number of carbonyl (C=O) groups is 1. The molecule has 1 atom stereocenters. The van der Waals surface area contributed by atoms with Gasteiger partial charge in [0, 0.05) is 25.6 Å². The van der Waals surface area contributed by atoms with Crippen molar-refractivity contribution in [2.24, 2.45) is 0 Å². The summed E-state index contributed by atoms with van der Waals surface area (Å²) in [5, 5.41) is 11.9. The minimum atomic E-state index is -0.116. The van der Waals surface area contributed by atoms with E-state index in [9.17, 15) is 4.79 Å². The van der Waals surface area contributed by atoms with E-state index < -0.39 is 0 Å². The minimum absolute atomic E-state index is 0.116. The van der Waals surface area contributed by atoms with Gasteiger partial charge in [-0.25, -0.2) is 0 Å². The van der Waals surface area contributed by atoms with E-state index in [4.69, 9.17) is 0 Å². The van der Waals surface area contributed by atoms with Crippen LogP contribution in [0.3, 0.4) is 0 Å². The van der Waals surface area contributed by atoms with E-state index in [0.29, 0.717) is 5.92 Å². The van der Waals surface area contributed by atoms with Crippen LogP contribution in [0.4, 0.5) is 0 Å². The van der Waals surface area contributed by atoms with Crippen molar-refractivity contribution in [3.05, 3.63) is 23.3 Å². The molecule has 0 unspecified atom stereocenters. The molecule has 1 aromatic heterocycles. The highest BCUT2D eigenvalue weighted by Gasteiger charge is 2.33. The Bertz CT molecular complexity index is 661. The largest absolute Gasteiger partial charge is 0.354 e. The maximum Gasteiger partial charge on any atom is 0.237 e. The predicted octanol–water partition coefficient (Wildman–Crippen LogP) is 2.37. The summed E-state index contributed by atoms with van der Waals surface area (Å²) in [7, 11) is 0. The SMILES string of the molecule is C[C@@H](C(=O)NCCC1=CCCCC1)N1CCn2c(nnc2C2CC2)C1. The van der Waals surface area contributed by atoms with Crippen LogP contribution >= 0.6 is 0 Å². The van der Waals surface area contributed by atoms with Crippen LogP contribution < -0.4 is 5.32 Å². The molecule has 0 spiro atoms. The molecule has 2 aliphatic carbocycles. The van der Waals surface area contributed by atoms with Crippen molar-refractivity contribution in [3.8, 4) is 0 Å². The molecule has 0 saturated heterocycles. The second-order valence-corrected chi connectivity index (χ2v) is 7.70. The maximum absolute atomic E-state index is 12.5. The summed E-state index contributed by atoms with van der Waals surface area (Å²) in [6.07, 6.45) is 10.9. The molecule has 0 bridgehead atoms. The van der Waals surface area contributed by atoms with E-state index in [1.54, 1.807) is 0 Å². The maximum atomic E-state index is 12.5. The van der Waals surface area contributed by atoms with Crippen molar-refractivity contribution in [2.75, 3.05) is 13.1 Å². The molecule has 2 heterocycles. The van der Waals surface area contributed by atoms with Gasteiger partial charge in [0.1, 0.15) is 11.6 Å². The molecule has 1 aliphatic heterocycles. The summed E-state index contributed by atoms with van der Waals surface area (Å²) in [6, 6.07) is -0.116. The van der Waals surface area contributed by atoms with Gasteiger partial charge in [-0.15, -0.1) is 10.2 Å². The van der Waals surface area contributed by atoms with Gasteiger partial charge in [-0.1, -0.05) is 11.6 Å². The van der Waals surface area contributed by atoms with E-state index >= 15 is 0 Å². The molecule has 1 N–H and O–H groups in total. The Morgan fingerprint density at radius 3 is 2.96 bits per heavy atom. The molecular formula is C19H29N5O. The molecule has 25 heavy (non-hydrogen) atoms. The summed E-state index contributed by atoms with van der Waals surface area (Å²) in [4.78, 5) is 14.7. The third-order valence-electron chi connectivity index (χ3n) is 5.81. The predicted molar refractivity (Wildman–Crippen MR) is 96.0 cm³/mol. The van der Waals surface area contributed by atoms with Crippen LogP contribution in [0.1, 0.15) is 69.4 Å². The Hall–Kier alpha value is -1.69. The summed E-state index contributed by atoms with van der Waals surface area (Å²) in [6.45, 7) is 5.27. The number of hydrogen-bond donors (Lipinski definition) is 1. The Morgan fingerprint density at radius 2 is 2.20 bits per heavy atom. The lowest BCUT2D eigenvalue weighted by atomic mass is 9.97. The van der Waals surface area contributed by atoms with Crippen LogP contribution in [0.5, 0.6) is 0 Å². The van der Waals surface area contributed by atoms with Gasteiger partial charge in [0.15, 0.2) is 0 Å². The number of aromatic nitrogens is 3. The average molecular weight is 343 g/mol. The highest BCUT2D eigenvalue weighted by atomic mass is 16.2. The highest BCUT2D eigenvalue weighted by Crippen LogP contribution is 2.39. The molecule has 6 heteroatoms. The fourth-order valence-corrected chi connectivity index (χ4v) is 3.96. The fraction of sp³-hybridized carbons (Fsp3) is 0.737. The molecule has 1 saturated carbocycles. The molecular weight excluding hydrogens is 314 g/mol. The number of nitrogens with one attached hydrogen (secondary N) is 1. The molecule has 1 aromatic rings. The van der Waals surface area contributed by atoms with Crippen molar-refractivity contribution < 1.29 is 4.79 Å². The Morgan fingerprint density at radius 1 is 1.32 bits per heavy atom. The van der Waals surface area contributed by atoms with Crippen molar-refractivity contribution in [2.45, 2.75) is 76.9 Å².